The van der Waals surface area contributed by atoms with E-state index >= 15 is 0 Å². The predicted molar refractivity (Wildman–Crippen MR) is 53.1 cm³/mol. The normalized spacial score (nSPS) is 10.1. The largest absolute Gasteiger partial charge is 0.226 e. The molecule has 0 saturated heterocycles. The van der Waals surface area contributed by atoms with Gasteiger partial charge in [-0.15, -0.1) is 0 Å². The molecule has 0 aliphatic rings. The molecule has 14 heavy (non-hydrogen) atoms. The van der Waals surface area contributed by atoms with Gasteiger partial charge in [-0.25, -0.2) is 9.97 Å². The van der Waals surface area contributed by atoms with Crippen molar-refractivity contribution in [3.05, 3.63) is 35.0 Å². The fourth-order valence-corrected chi connectivity index (χ4v) is 1.36. The average Bonchev–Trinajstić information content (AvgIpc) is 2.19. The van der Waals surface area contributed by atoms with Crippen LogP contribution in [0.25, 0.3) is 11.3 Å². The molecule has 0 amide bonds. The second-order valence-electron chi connectivity index (χ2n) is 2.45. The van der Waals surface area contributed by atoms with Crippen LogP contribution < -0.4 is 0 Å². The highest BCUT2D eigenvalue weighted by Gasteiger charge is 2.07. The fraction of sp³-hybridized carbons (Fsp3) is 0. The van der Waals surface area contributed by atoms with Gasteiger partial charge in [-0.2, -0.15) is 10.2 Å². The van der Waals surface area contributed by atoms with E-state index in [4.69, 9.17) is 23.2 Å². The number of halogens is 2. The third kappa shape index (κ3) is 1.81. The first-order valence-corrected chi connectivity index (χ1v) is 4.49. The Morgan fingerprint density at radius 3 is 2.71 bits per heavy atom. The minimum Gasteiger partial charge on any atom is -0.226 e. The molecule has 2 heterocycles. The molecule has 70 valence electrons. The van der Waals surface area contributed by atoms with Gasteiger partial charge in [0.1, 0.15) is 5.15 Å². The molecule has 0 aliphatic heterocycles. The summed E-state index contributed by atoms with van der Waals surface area (Å²) in [5.74, 6) is 0. The van der Waals surface area contributed by atoms with Gasteiger partial charge < -0.3 is 0 Å². The maximum atomic E-state index is 5.86. The average molecular weight is 227 g/mol. The number of rotatable bonds is 1. The van der Waals surface area contributed by atoms with Crippen molar-refractivity contribution in [3.63, 3.8) is 0 Å². The summed E-state index contributed by atoms with van der Waals surface area (Å²) in [5.41, 5.74) is 1.23. The van der Waals surface area contributed by atoms with Gasteiger partial charge in [0.25, 0.3) is 0 Å². The molecule has 0 aromatic carbocycles. The van der Waals surface area contributed by atoms with E-state index in [-0.39, 0.29) is 10.4 Å². The SMILES string of the molecule is Clc1ncc(-c2cccnn2)c(Cl)n1. The van der Waals surface area contributed by atoms with E-state index in [1.807, 2.05) is 0 Å². The molecule has 0 N–H and O–H groups in total. The highest BCUT2D eigenvalue weighted by molar-refractivity contribution is 6.33. The molecular formula is C8H4Cl2N4. The van der Waals surface area contributed by atoms with Gasteiger partial charge in [0.05, 0.1) is 11.3 Å². The van der Waals surface area contributed by atoms with Crippen molar-refractivity contribution in [2.75, 3.05) is 0 Å². The van der Waals surface area contributed by atoms with Crippen LogP contribution in [0.15, 0.2) is 24.5 Å². The van der Waals surface area contributed by atoms with Crippen molar-refractivity contribution < 1.29 is 0 Å². The molecule has 0 atom stereocenters. The Morgan fingerprint density at radius 1 is 1.21 bits per heavy atom. The number of hydrogen-bond donors (Lipinski definition) is 0. The Hall–Kier alpha value is -1.26. The Labute approximate surface area is 89.9 Å². The lowest BCUT2D eigenvalue weighted by Crippen LogP contribution is -1.91. The van der Waals surface area contributed by atoms with Crippen LogP contribution in [-0.2, 0) is 0 Å². The molecule has 0 bridgehead atoms. The van der Waals surface area contributed by atoms with Gasteiger partial charge in [0.2, 0.25) is 5.28 Å². The molecule has 2 aromatic heterocycles. The number of hydrogen-bond acceptors (Lipinski definition) is 4. The molecule has 0 aliphatic carbocycles. The monoisotopic (exact) mass is 226 g/mol. The number of aromatic nitrogens is 4. The minimum atomic E-state index is 0.114. The molecule has 2 rings (SSSR count). The standard InChI is InChI=1S/C8H4Cl2N4/c9-7-5(4-11-8(10)13-7)6-2-1-3-12-14-6/h1-4H. The van der Waals surface area contributed by atoms with Crippen LogP contribution in [0.2, 0.25) is 10.4 Å². The lowest BCUT2D eigenvalue weighted by molar-refractivity contribution is 1.03. The zero-order valence-electron chi connectivity index (χ0n) is 6.85. The summed E-state index contributed by atoms with van der Waals surface area (Å²) in [6.07, 6.45) is 3.09. The van der Waals surface area contributed by atoms with Crippen LogP contribution in [0.5, 0.6) is 0 Å². The van der Waals surface area contributed by atoms with E-state index in [0.717, 1.165) is 0 Å². The maximum Gasteiger partial charge on any atom is 0.223 e. The van der Waals surface area contributed by atoms with Crippen molar-refractivity contribution in [2.45, 2.75) is 0 Å². The first-order valence-electron chi connectivity index (χ1n) is 3.73. The van der Waals surface area contributed by atoms with E-state index in [1.165, 1.54) is 6.20 Å². The van der Waals surface area contributed by atoms with E-state index < -0.39 is 0 Å². The third-order valence-corrected chi connectivity index (χ3v) is 2.03. The van der Waals surface area contributed by atoms with Crippen LogP contribution >= 0.6 is 23.2 Å². The number of nitrogens with zero attached hydrogens (tertiary/aromatic N) is 4. The van der Waals surface area contributed by atoms with Crippen LogP contribution in [0.4, 0.5) is 0 Å². The molecule has 4 nitrogen and oxygen atoms in total. The van der Waals surface area contributed by atoms with E-state index in [9.17, 15) is 0 Å². The molecule has 0 fully saturated rings. The fourth-order valence-electron chi connectivity index (χ4n) is 0.958. The van der Waals surface area contributed by atoms with E-state index in [0.29, 0.717) is 11.3 Å². The highest BCUT2D eigenvalue weighted by Crippen LogP contribution is 2.23. The Kier molecular flexibility index (Phi) is 2.56. The van der Waals surface area contributed by atoms with Gasteiger partial charge in [0, 0.05) is 12.4 Å². The smallest absolute Gasteiger partial charge is 0.223 e. The second-order valence-corrected chi connectivity index (χ2v) is 3.15. The topological polar surface area (TPSA) is 51.6 Å². The first-order chi connectivity index (χ1) is 6.77. The zero-order valence-corrected chi connectivity index (χ0v) is 8.37. The summed E-state index contributed by atoms with van der Waals surface area (Å²) in [4.78, 5) is 7.62. The van der Waals surface area contributed by atoms with Crippen molar-refractivity contribution >= 4 is 23.2 Å². The van der Waals surface area contributed by atoms with Crippen LogP contribution in [0.3, 0.4) is 0 Å². The molecule has 0 spiro atoms. The van der Waals surface area contributed by atoms with Crippen molar-refractivity contribution in [2.24, 2.45) is 0 Å². The second kappa shape index (κ2) is 3.86. The van der Waals surface area contributed by atoms with Gasteiger partial charge >= 0.3 is 0 Å². The minimum absolute atomic E-state index is 0.114. The predicted octanol–water partition coefficient (Wildman–Crippen LogP) is 2.24. The van der Waals surface area contributed by atoms with E-state index in [2.05, 4.69) is 20.2 Å². The summed E-state index contributed by atoms with van der Waals surface area (Å²) >= 11 is 11.4. The van der Waals surface area contributed by atoms with Gasteiger partial charge in [0.15, 0.2) is 0 Å². The molecule has 0 unspecified atom stereocenters. The van der Waals surface area contributed by atoms with Crippen LogP contribution in [-0.4, -0.2) is 20.2 Å². The zero-order chi connectivity index (χ0) is 9.97. The van der Waals surface area contributed by atoms with Crippen molar-refractivity contribution in [1.82, 2.24) is 20.2 Å². The third-order valence-electron chi connectivity index (χ3n) is 1.56. The van der Waals surface area contributed by atoms with Gasteiger partial charge in [-0.3, -0.25) is 0 Å². The van der Waals surface area contributed by atoms with Gasteiger partial charge in [-0.05, 0) is 23.7 Å². The maximum absolute atomic E-state index is 5.86. The lowest BCUT2D eigenvalue weighted by atomic mass is 10.2. The molecule has 0 saturated carbocycles. The molecule has 2 aromatic rings. The molecule has 0 radical (unpaired) electrons. The summed E-state index contributed by atoms with van der Waals surface area (Å²) in [6.45, 7) is 0. The lowest BCUT2D eigenvalue weighted by Gasteiger charge is -2.00. The Morgan fingerprint density at radius 2 is 2.07 bits per heavy atom. The summed E-state index contributed by atoms with van der Waals surface area (Å²) in [6, 6.07) is 3.53. The highest BCUT2D eigenvalue weighted by atomic mass is 35.5. The summed E-state index contributed by atoms with van der Waals surface area (Å²) in [7, 11) is 0. The van der Waals surface area contributed by atoms with Crippen molar-refractivity contribution in [1.29, 1.82) is 0 Å². The molecular weight excluding hydrogens is 223 g/mol. The van der Waals surface area contributed by atoms with Crippen LogP contribution in [0.1, 0.15) is 0 Å². The Bertz CT molecular complexity index is 446. The quantitative estimate of drug-likeness (QED) is 0.553. The van der Waals surface area contributed by atoms with E-state index in [1.54, 1.807) is 18.3 Å². The first kappa shape index (κ1) is 9.30. The van der Waals surface area contributed by atoms with Gasteiger partial charge in [-0.1, -0.05) is 11.6 Å². The van der Waals surface area contributed by atoms with Crippen LogP contribution in [0, 0.1) is 0 Å². The summed E-state index contributed by atoms with van der Waals surface area (Å²) in [5, 5.41) is 7.99. The summed E-state index contributed by atoms with van der Waals surface area (Å²) < 4.78 is 0. The molecule has 6 heteroatoms. The Balaban J connectivity index is 2.53. The van der Waals surface area contributed by atoms with Crippen molar-refractivity contribution in [3.8, 4) is 11.3 Å².